The predicted molar refractivity (Wildman–Crippen MR) is 122 cm³/mol. The molecule has 0 bridgehead atoms. The molecule has 0 saturated carbocycles. The molecule has 0 aromatic heterocycles. The van der Waals surface area contributed by atoms with Gasteiger partial charge < -0.3 is 19.5 Å². The van der Waals surface area contributed by atoms with Crippen LogP contribution in [0.15, 0.2) is 35.4 Å². The molecule has 1 heterocycles. The van der Waals surface area contributed by atoms with Gasteiger partial charge in [-0.25, -0.2) is 18.6 Å². The third-order valence-electron chi connectivity index (χ3n) is 5.55. The average Bonchev–Trinajstić information content (AvgIpc) is 2.86. The predicted octanol–water partition coefficient (Wildman–Crippen LogP) is 3.26. The van der Waals surface area contributed by atoms with Crippen molar-refractivity contribution in [3.8, 4) is 11.5 Å². The zero-order valence-electron chi connectivity index (χ0n) is 19.7. The molecule has 1 atom stereocenters. The molecule has 186 valence electrons. The van der Waals surface area contributed by atoms with E-state index in [1.165, 1.54) is 19.2 Å². The van der Waals surface area contributed by atoms with Gasteiger partial charge >= 0.3 is 11.9 Å². The molecule has 2 aromatic carbocycles. The number of carbonyl (C=O) groups is 3. The van der Waals surface area contributed by atoms with E-state index in [4.69, 9.17) is 9.47 Å². The smallest absolute Gasteiger partial charge is 0.396 e. The van der Waals surface area contributed by atoms with Gasteiger partial charge in [0.25, 0.3) is 0 Å². The minimum absolute atomic E-state index is 0.0569. The number of anilines is 1. The van der Waals surface area contributed by atoms with Crippen LogP contribution in [0.2, 0.25) is 0 Å². The maximum atomic E-state index is 15.3. The number of rotatable bonds is 7. The van der Waals surface area contributed by atoms with Gasteiger partial charge in [-0.1, -0.05) is 19.1 Å². The Bertz CT molecular complexity index is 1170. The second kappa shape index (κ2) is 10.9. The van der Waals surface area contributed by atoms with Crippen molar-refractivity contribution in [2.24, 2.45) is 11.0 Å². The Kier molecular flexibility index (Phi) is 8.00. The van der Waals surface area contributed by atoms with Crippen LogP contribution < -0.4 is 14.8 Å². The number of esters is 1. The summed E-state index contributed by atoms with van der Waals surface area (Å²) < 4.78 is 44.2. The number of carbonyl (C=O) groups excluding carboxylic acids is 3. The lowest BCUT2D eigenvalue weighted by Crippen LogP contribution is -2.37. The summed E-state index contributed by atoms with van der Waals surface area (Å²) in [5.74, 6) is -5.02. The molecule has 1 N–H and O–H groups in total. The first-order chi connectivity index (χ1) is 16.7. The number of hydrazone groups is 1. The first-order valence-electron chi connectivity index (χ1n) is 10.7. The van der Waals surface area contributed by atoms with E-state index in [9.17, 15) is 18.8 Å². The number of nitrogens with zero attached hydrogens (tertiary/aromatic N) is 2. The van der Waals surface area contributed by atoms with Gasteiger partial charge in [-0.2, -0.15) is 5.10 Å². The molecule has 0 spiro atoms. The van der Waals surface area contributed by atoms with Crippen molar-refractivity contribution < 1.29 is 37.4 Å². The van der Waals surface area contributed by atoms with Crippen molar-refractivity contribution >= 4 is 29.2 Å². The first-order valence-corrected chi connectivity index (χ1v) is 10.7. The highest BCUT2D eigenvalue weighted by Gasteiger charge is 2.33. The zero-order valence-corrected chi connectivity index (χ0v) is 19.7. The Morgan fingerprint density at radius 3 is 2.34 bits per heavy atom. The molecular weight excluding hydrogens is 464 g/mol. The van der Waals surface area contributed by atoms with Crippen LogP contribution in [0.3, 0.4) is 0 Å². The van der Waals surface area contributed by atoms with Crippen molar-refractivity contribution in [1.29, 1.82) is 0 Å². The van der Waals surface area contributed by atoms with Crippen molar-refractivity contribution in [2.75, 3.05) is 26.6 Å². The number of methoxy groups -OCH3 is 3. The van der Waals surface area contributed by atoms with E-state index in [0.717, 1.165) is 13.2 Å². The summed E-state index contributed by atoms with van der Waals surface area (Å²) in [6.07, 6.45) is 0.556. The van der Waals surface area contributed by atoms with E-state index in [-0.39, 0.29) is 41.6 Å². The normalized spacial score (nSPS) is 15.4. The fourth-order valence-electron chi connectivity index (χ4n) is 3.70. The van der Waals surface area contributed by atoms with Crippen LogP contribution in [-0.4, -0.2) is 49.8 Å². The minimum Gasteiger partial charge on any atom is -0.490 e. The largest absolute Gasteiger partial charge is 0.490 e. The SMILES string of the molecule is CCC1CC(=O)N(Cc2ccc(NC(=O)C(=O)OC)cc2)N=C1c1cc(F)c(OC)c(OC)c1F. The molecule has 0 saturated heterocycles. The molecule has 9 nitrogen and oxygen atoms in total. The van der Waals surface area contributed by atoms with Gasteiger partial charge in [0, 0.05) is 23.6 Å². The lowest BCUT2D eigenvalue weighted by atomic mass is 9.89. The van der Waals surface area contributed by atoms with Gasteiger partial charge in [0.15, 0.2) is 17.4 Å². The second-order valence-corrected chi connectivity index (χ2v) is 7.67. The molecule has 2 aromatic rings. The highest BCUT2D eigenvalue weighted by Crippen LogP contribution is 2.37. The van der Waals surface area contributed by atoms with Crippen LogP contribution in [0.1, 0.15) is 30.9 Å². The molecule has 1 aliphatic rings. The third kappa shape index (κ3) is 5.39. The molecule has 0 aliphatic carbocycles. The second-order valence-electron chi connectivity index (χ2n) is 7.67. The Labute approximate surface area is 200 Å². The van der Waals surface area contributed by atoms with Crippen molar-refractivity contribution in [3.05, 3.63) is 53.1 Å². The van der Waals surface area contributed by atoms with Crippen LogP contribution in [0.4, 0.5) is 14.5 Å². The quantitative estimate of drug-likeness (QED) is 0.473. The number of halogens is 2. The molecule has 0 fully saturated rings. The summed E-state index contributed by atoms with van der Waals surface area (Å²) >= 11 is 0. The molecule has 1 aliphatic heterocycles. The van der Waals surface area contributed by atoms with Gasteiger partial charge in [0.1, 0.15) is 0 Å². The molecule has 35 heavy (non-hydrogen) atoms. The van der Waals surface area contributed by atoms with Crippen LogP contribution in [0, 0.1) is 17.6 Å². The molecular formula is C24H25F2N3O6. The zero-order chi connectivity index (χ0) is 25.7. The Balaban J connectivity index is 1.91. The molecule has 1 unspecified atom stereocenters. The Hall–Kier alpha value is -4.02. The number of benzene rings is 2. The first kappa shape index (κ1) is 25.6. The summed E-state index contributed by atoms with van der Waals surface area (Å²) in [5.41, 5.74) is 1.13. The Morgan fingerprint density at radius 2 is 1.77 bits per heavy atom. The summed E-state index contributed by atoms with van der Waals surface area (Å²) in [7, 11) is 3.51. The monoisotopic (exact) mass is 489 g/mol. The minimum atomic E-state index is -1.03. The lowest BCUT2D eigenvalue weighted by Gasteiger charge is -2.29. The number of amides is 2. The van der Waals surface area contributed by atoms with Gasteiger partial charge in [0.05, 0.1) is 33.6 Å². The standard InChI is InChI=1S/C24H25F2N3O6/c1-5-14-10-18(30)29(12-13-6-8-15(9-7-13)27-23(31)24(32)35-4)28-20(14)16-11-17(25)21(33-2)22(34-3)19(16)26/h6-9,11,14H,5,10,12H2,1-4H3,(H,27,31). The van der Waals surface area contributed by atoms with E-state index >= 15 is 4.39 Å². The van der Waals surface area contributed by atoms with Gasteiger partial charge in [-0.15, -0.1) is 0 Å². The molecule has 0 radical (unpaired) electrons. The van der Waals surface area contributed by atoms with Crippen LogP contribution in [0.25, 0.3) is 0 Å². The number of ether oxygens (including phenoxy) is 3. The van der Waals surface area contributed by atoms with Gasteiger partial charge in [0.2, 0.25) is 11.7 Å². The fraction of sp³-hybridized carbons (Fsp3) is 0.333. The van der Waals surface area contributed by atoms with E-state index < -0.39 is 29.4 Å². The van der Waals surface area contributed by atoms with E-state index in [1.54, 1.807) is 24.3 Å². The summed E-state index contributed by atoms with van der Waals surface area (Å²) in [5, 5.41) is 7.96. The van der Waals surface area contributed by atoms with E-state index in [0.29, 0.717) is 17.7 Å². The summed E-state index contributed by atoms with van der Waals surface area (Å²) in [4.78, 5) is 35.6. The maximum absolute atomic E-state index is 15.3. The topological polar surface area (TPSA) is 107 Å². The Morgan fingerprint density at radius 1 is 1.11 bits per heavy atom. The summed E-state index contributed by atoms with van der Waals surface area (Å²) in [6.45, 7) is 1.89. The highest BCUT2D eigenvalue weighted by molar-refractivity contribution is 6.37. The highest BCUT2D eigenvalue weighted by atomic mass is 19.1. The number of hydrogen-bond donors (Lipinski definition) is 1. The number of nitrogens with one attached hydrogen (secondary N) is 1. The van der Waals surface area contributed by atoms with Crippen molar-refractivity contribution in [2.45, 2.75) is 26.3 Å². The fourth-order valence-corrected chi connectivity index (χ4v) is 3.70. The van der Waals surface area contributed by atoms with Gasteiger partial charge in [-0.3, -0.25) is 9.59 Å². The van der Waals surface area contributed by atoms with Crippen LogP contribution in [-0.2, 0) is 25.7 Å². The van der Waals surface area contributed by atoms with E-state index in [2.05, 4.69) is 15.2 Å². The van der Waals surface area contributed by atoms with Crippen LogP contribution >= 0.6 is 0 Å². The molecule has 2 amide bonds. The average molecular weight is 489 g/mol. The maximum Gasteiger partial charge on any atom is 0.396 e. The summed E-state index contributed by atoms with van der Waals surface area (Å²) in [6, 6.07) is 7.36. The van der Waals surface area contributed by atoms with Crippen LogP contribution in [0.5, 0.6) is 11.5 Å². The van der Waals surface area contributed by atoms with Crippen molar-refractivity contribution in [3.63, 3.8) is 0 Å². The van der Waals surface area contributed by atoms with Gasteiger partial charge in [-0.05, 0) is 30.2 Å². The molecule has 3 rings (SSSR count). The molecule has 11 heteroatoms. The van der Waals surface area contributed by atoms with E-state index in [1.807, 2.05) is 6.92 Å². The lowest BCUT2D eigenvalue weighted by molar-refractivity contribution is -0.150. The van der Waals surface area contributed by atoms with Crippen molar-refractivity contribution in [1.82, 2.24) is 5.01 Å². The third-order valence-corrected chi connectivity index (χ3v) is 5.55. The number of hydrogen-bond acceptors (Lipinski definition) is 7.